The third-order valence-corrected chi connectivity index (χ3v) is 3.82. The van der Waals surface area contributed by atoms with Gasteiger partial charge in [0.2, 0.25) is 0 Å². The van der Waals surface area contributed by atoms with Crippen LogP contribution >= 0.6 is 22.9 Å². The summed E-state index contributed by atoms with van der Waals surface area (Å²) in [7, 11) is 0. The van der Waals surface area contributed by atoms with Crippen LogP contribution < -0.4 is 4.90 Å². The fourth-order valence-electron chi connectivity index (χ4n) is 1.94. The predicted octanol–water partition coefficient (Wildman–Crippen LogP) is 2.90. The van der Waals surface area contributed by atoms with E-state index in [9.17, 15) is 0 Å². The van der Waals surface area contributed by atoms with Crippen molar-refractivity contribution in [1.29, 1.82) is 0 Å². The number of aromatic nitrogens is 2. The highest BCUT2D eigenvalue weighted by Crippen LogP contribution is 2.34. The number of halogens is 1. The van der Waals surface area contributed by atoms with Crippen molar-refractivity contribution in [3.63, 3.8) is 0 Å². The van der Waals surface area contributed by atoms with E-state index in [1.807, 2.05) is 0 Å². The molecule has 1 aliphatic carbocycles. The van der Waals surface area contributed by atoms with Crippen LogP contribution in [0.2, 0.25) is 0 Å². The number of hydrogen-bond acceptors (Lipinski definition) is 4. The molecule has 2 aromatic heterocycles. The summed E-state index contributed by atoms with van der Waals surface area (Å²) in [6, 6.07) is 2.73. The molecule has 1 aliphatic rings. The van der Waals surface area contributed by atoms with Gasteiger partial charge < -0.3 is 4.90 Å². The Hall–Kier alpha value is -0.870. The van der Waals surface area contributed by atoms with E-state index in [4.69, 9.17) is 11.6 Å². The van der Waals surface area contributed by atoms with Crippen molar-refractivity contribution < 1.29 is 0 Å². The average molecular weight is 254 g/mol. The van der Waals surface area contributed by atoms with Crippen LogP contribution in [-0.4, -0.2) is 28.4 Å². The first-order valence-corrected chi connectivity index (χ1v) is 6.82. The van der Waals surface area contributed by atoms with E-state index in [1.165, 1.54) is 12.8 Å². The third-order valence-electron chi connectivity index (χ3n) is 2.83. The molecule has 3 nitrogen and oxygen atoms in total. The Kier molecular flexibility index (Phi) is 2.69. The summed E-state index contributed by atoms with van der Waals surface area (Å²) >= 11 is 7.52. The Balaban J connectivity index is 2.04. The molecule has 0 radical (unpaired) electrons. The first-order chi connectivity index (χ1) is 7.90. The van der Waals surface area contributed by atoms with Crippen molar-refractivity contribution in [3.8, 4) is 0 Å². The van der Waals surface area contributed by atoms with Crippen LogP contribution in [0.15, 0.2) is 17.8 Å². The molecule has 16 heavy (non-hydrogen) atoms. The maximum Gasteiger partial charge on any atom is 0.141 e. The summed E-state index contributed by atoms with van der Waals surface area (Å²) < 4.78 is 0. The number of anilines is 1. The van der Waals surface area contributed by atoms with Gasteiger partial charge in [-0.2, -0.15) is 0 Å². The largest absolute Gasteiger partial charge is 0.352 e. The fraction of sp³-hybridized carbons (Fsp3) is 0.455. The van der Waals surface area contributed by atoms with E-state index in [0.29, 0.717) is 11.9 Å². The standard InChI is InChI=1S/C11H12ClN3S/c12-4-5-15(8-1-2-8)10-9-3-6-16-11(9)14-7-13-10/h3,6-8H,1-2,4-5H2. The quantitative estimate of drug-likeness (QED) is 0.785. The Bertz CT molecular complexity index is 495. The van der Waals surface area contributed by atoms with E-state index in [0.717, 1.165) is 22.6 Å². The summed E-state index contributed by atoms with van der Waals surface area (Å²) in [5.41, 5.74) is 0. The van der Waals surface area contributed by atoms with Gasteiger partial charge in [0.25, 0.3) is 0 Å². The SMILES string of the molecule is ClCCN(c1ncnc2sccc12)C1CC1. The summed E-state index contributed by atoms with van der Waals surface area (Å²) in [6.07, 6.45) is 4.16. The Morgan fingerprint density at radius 3 is 3.06 bits per heavy atom. The minimum Gasteiger partial charge on any atom is -0.352 e. The van der Waals surface area contributed by atoms with Crippen molar-refractivity contribution in [3.05, 3.63) is 17.8 Å². The Labute approximate surface area is 103 Å². The molecule has 0 aliphatic heterocycles. The van der Waals surface area contributed by atoms with Crippen LogP contribution in [0, 0.1) is 0 Å². The molecule has 84 valence electrons. The van der Waals surface area contributed by atoms with Gasteiger partial charge in [0.15, 0.2) is 0 Å². The fourth-order valence-corrected chi connectivity index (χ4v) is 2.85. The van der Waals surface area contributed by atoms with Gasteiger partial charge in [-0.05, 0) is 24.3 Å². The van der Waals surface area contributed by atoms with E-state index < -0.39 is 0 Å². The second kappa shape index (κ2) is 4.18. The van der Waals surface area contributed by atoms with Crippen molar-refractivity contribution in [1.82, 2.24) is 9.97 Å². The highest BCUT2D eigenvalue weighted by molar-refractivity contribution is 7.16. The van der Waals surface area contributed by atoms with Crippen LogP contribution in [-0.2, 0) is 0 Å². The molecule has 1 saturated carbocycles. The van der Waals surface area contributed by atoms with Crippen molar-refractivity contribution in [2.45, 2.75) is 18.9 Å². The van der Waals surface area contributed by atoms with Gasteiger partial charge >= 0.3 is 0 Å². The van der Waals surface area contributed by atoms with Crippen LogP contribution in [0.4, 0.5) is 5.82 Å². The molecular weight excluding hydrogens is 242 g/mol. The maximum absolute atomic E-state index is 5.86. The molecule has 0 bridgehead atoms. The molecule has 5 heteroatoms. The summed E-state index contributed by atoms with van der Waals surface area (Å²) in [4.78, 5) is 12.1. The summed E-state index contributed by atoms with van der Waals surface area (Å²) in [5.74, 6) is 1.70. The van der Waals surface area contributed by atoms with Crippen LogP contribution in [0.1, 0.15) is 12.8 Å². The van der Waals surface area contributed by atoms with Gasteiger partial charge in [-0.3, -0.25) is 0 Å². The number of rotatable bonds is 4. The normalized spacial score (nSPS) is 15.6. The smallest absolute Gasteiger partial charge is 0.141 e. The highest BCUT2D eigenvalue weighted by atomic mass is 35.5. The molecule has 0 amide bonds. The predicted molar refractivity (Wildman–Crippen MR) is 68.5 cm³/mol. The van der Waals surface area contributed by atoms with Crippen LogP contribution in [0.25, 0.3) is 10.2 Å². The van der Waals surface area contributed by atoms with Gasteiger partial charge in [0.1, 0.15) is 17.0 Å². The monoisotopic (exact) mass is 253 g/mol. The lowest BCUT2D eigenvalue weighted by molar-refractivity contribution is 0.815. The second-order valence-corrected chi connectivity index (χ2v) is 5.22. The minimum atomic E-state index is 0.636. The van der Waals surface area contributed by atoms with E-state index in [-0.39, 0.29) is 0 Å². The lowest BCUT2D eigenvalue weighted by Gasteiger charge is -2.22. The minimum absolute atomic E-state index is 0.636. The van der Waals surface area contributed by atoms with Crippen LogP contribution in [0.5, 0.6) is 0 Å². The Morgan fingerprint density at radius 1 is 1.44 bits per heavy atom. The molecule has 0 saturated heterocycles. The molecule has 0 spiro atoms. The van der Waals surface area contributed by atoms with Gasteiger partial charge in [-0.25, -0.2) is 9.97 Å². The molecule has 3 rings (SSSR count). The summed E-state index contributed by atoms with van der Waals surface area (Å²) in [5, 5.41) is 3.22. The molecule has 0 unspecified atom stereocenters. The number of thiophene rings is 1. The van der Waals surface area contributed by atoms with Crippen molar-refractivity contribution >= 4 is 39.0 Å². The second-order valence-electron chi connectivity index (χ2n) is 3.95. The van der Waals surface area contributed by atoms with Gasteiger partial charge in [-0.15, -0.1) is 22.9 Å². The topological polar surface area (TPSA) is 29.0 Å². The van der Waals surface area contributed by atoms with Crippen molar-refractivity contribution in [2.24, 2.45) is 0 Å². The van der Waals surface area contributed by atoms with E-state index in [1.54, 1.807) is 17.7 Å². The third kappa shape index (κ3) is 1.76. The van der Waals surface area contributed by atoms with E-state index >= 15 is 0 Å². The van der Waals surface area contributed by atoms with Gasteiger partial charge in [0.05, 0.1) is 5.39 Å². The zero-order chi connectivity index (χ0) is 11.0. The molecule has 0 atom stereocenters. The molecule has 1 fully saturated rings. The lowest BCUT2D eigenvalue weighted by atomic mass is 10.3. The van der Waals surface area contributed by atoms with Gasteiger partial charge in [-0.1, -0.05) is 0 Å². The molecule has 2 aromatic rings. The average Bonchev–Trinajstić information content (AvgIpc) is 3.02. The number of fused-ring (bicyclic) bond motifs is 1. The number of hydrogen-bond donors (Lipinski definition) is 0. The number of alkyl halides is 1. The zero-order valence-electron chi connectivity index (χ0n) is 8.77. The van der Waals surface area contributed by atoms with Crippen molar-refractivity contribution in [2.75, 3.05) is 17.3 Å². The number of nitrogens with zero attached hydrogens (tertiary/aromatic N) is 3. The first kappa shape index (κ1) is 10.3. The Morgan fingerprint density at radius 2 is 2.31 bits per heavy atom. The zero-order valence-corrected chi connectivity index (χ0v) is 10.3. The first-order valence-electron chi connectivity index (χ1n) is 5.41. The maximum atomic E-state index is 5.86. The molecular formula is C11H12ClN3S. The summed E-state index contributed by atoms with van der Waals surface area (Å²) in [6.45, 7) is 0.869. The van der Waals surface area contributed by atoms with Gasteiger partial charge in [0, 0.05) is 18.5 Å². The highest BCUT2D eigenvalue weighted by Gasteiger charge is 2.30. The molecule has 0 aromatic carbocycles. The lowest BCUT2D eigenvalue weighted by Crippen LogP contribution is -2.28. The molecule has 2 heterocycles. The van der Waals surface area contributed by atoms with E-state index in [2.05, 4.69) is 26.3 Å². The van der Waals surface area contributed by atoms with Crippen LogP contribution in [0.3, 0.4) is 0 Å². The molecule has 0 N–H and O–H groups in total.